The highest BCUT2D eigenvalue weighted by molar-refractivity contribution is 5.79. The summed E-state index contributed by atoms with van der Waals surface area (Å²) in [7, 11) is 1.70. The van der Waals surface area contributed by atoms with Crippen LogP contribution in [0.25, 0.3) is 11.5 Å². The number of carbonyl (C=O) groups excluding carboxylic acids is 1. The van der Waals surface area contributed by atoms with E-state index in [9.17, 15) is 4.79 Å². The number of ether oxygens (including phenoxy) is 1. The summed E-state index contributed by atoms with van der Waals surface area (Å²) in [5.74, 6) is 1.83. The Morgan fingerprint density at radius 2 is 1.93 bits per heavy atom. The van der Waals surface area contributed by atoms with Gasteiger partial charge in [0.25, 0.3) is 0 Å². The quantitative estimate of drug-likeness (QED) is 0.807. The molecule has 6 nitrogen and oxygen atoms in total. The molecule has 1 amide bonds. The number of hydrogen-bond acceptors (Lipinski definition) is 5. The van der Waals surface area contributed by atoms with Crippen molar-refractivity contribution in [2.75, 3.05) is 26.8 Å². The SMILES string of the molecule is COC[C@@H]1CN(C(=O)C2CCCCC2)C[C@H]1c1nnc(-c2ccccc2)o1. The van der Waals surface area contributed by atoms with Gasteiger partial charge in [0, 0.05) is 37.6 Å². The molecule has 0 unspecified atom stereocenters. The number of methoxy groups -OCH3 is 1. The van der Waals surface area contributed by atoms with Crippen molar-refractivity contribution < 1.29 is 13.9 Å². The molecule has 2 aromatic rings. The summed E-state index contributed by atoms with van der Waals surface area (Å²) in [5.41, 5.74) is 0.910. The summed E-state index contributed by atoms with van der Waals surface area (Å²) in [6, 6.07) is 9.77. The first kappa shape index (κ1) is 18.2. The molecule has 144 valence electrons. The normalized spacial score (nSPS) is 23.7. The van der Waals surface area contributed by atoms with E-state index in [0.29, 0.717) is 37.4 Å². The van der Waals surface area contributed by atoms with Gasteiger partial charge >= 0.3 is 0 Å². The summed E-state index contributed by atoms with van der Waals surface area (Å²) in [5, 5.41) is 8.53. The Kier molecular flexibility index (Phi) is 5.53. The molecule has 0 N–H and O–H groups in total. The average molecular weight is 369 g/mol. The second-order valence-electron chi connectivity index (χ2n) is 7.71. The van der Waals surface area contributed by atoms with Gasteiger partial charge < -0.3 is 14.1 Å². The van der Waals surface area contributed by atoms with Crippen molar-refractivity contribution in [2.24, 2.45) is 11.8 Å². The van der Waals surface area contributed by atoms with Gasteiger partial charge in [-0.3, -0.25) is 4.79 Å². The van der Waals surface area contributed by atoms with Gasteiger partial charge in [-0.1, -0.05) is 37.5 Å². The van der Waals surface area contributed by atoms with E-state index >= 15 is 0 Å². The highest BCUT2D eigenvalue weighted by Gasteiger charge is 2.41. The molecule has 1 aromatic carbocycles. The predicted molar refractivity (Wildman–Crippen MR) is 101 cm³/mol. The van der Waals surface area contributed by atoms with Crippen LogP contribution >= 0.6 is 0 Å². The minimum Gasteiger partial charge on any atom is -0.420 e. The van der Waals surface area contributed by atoms with Gasteiger partial charge in [-0.15, -0.1) is 10.2 Å². The fraction of sp³-hybridized carbons (Fsp3) is 0.571. The third-order valence-electron chi connectivity index (χ3n) is 5.87. The van der Waals surface area contributed by atoms with E-state index in [1.807, 2.05) is 35.2 Å². The van der Waals surface area contributed by atoms with Crippen LogP contribution in [0.4, 0.5) is 0 Å². The third-order valence-corrected chi connectivity index (χ3v) is 5.87. The zero-order chi connectivity index (χ0) is 18.6. The van der Waals surface area contributed by atoms with Crippen LogP contribution in [-0.2, 0) is 9.53 Å². The van der Waals surface area contributed by atoms with Crippen LogP contribution < -0.4 is 0 Å². The molecule has 2 aliphatic rings. The number of hydrogen-bond donors (Lipinski definition) is 0. The summed E-state index contributed by atoms with van der Waals surface area (Å²) >= 11 is 0. The number of nitrogens with zero attached hydrogens (tertiary/aromatic N) is 3. The van der Waals surface area contributed by atoms with E-state index in [2.05, 4.69) is 10.2 Å². The number of aromatic nitrogens is 2. The maximum atomic E-state index is 13.0. The van der Waals surface area contributed by atoms with E-state index in [0.717, 1.165) is 18.4 Å². The highest BCUT2D eigenvalue weighted by atomic mass is 16.5. The van der Waals surface area contributed by atoms with Crippen molar-refractivity contribution in [1.82, 2.24) is 15.1 Å². The lowest BCUT2D eigenvalue weighted by Crippen LogP contribution is -2.35. The number of likely N-dealkylation sites (tertiary alicyclic amines) is 1. The topological polar surface area (TPSA) is 68.5 Å². The Hall–Kier alpha value is -2.21. The van der Waals surface area contributed by atoms with Gasteiger partial charge in [-0.25, -0.2) is 0 Å². The first-order valence-corrected chi connectivity index (χ1v) is 9.93. The molecule has 0 radical (unpaired) electrons. The molecule has 0 bridgehead atoms. The molecule has 6 heteroatoms. The molecule has 2 heterocycles. The van der Waals surface area contributed by atoms with Gasteiger partial charge in [0.05, 0.1) is 12.5 Å². The summed E-state index contributed by atoms with van der Waals surface area (Å²) in [4.78, 5) is 15.0. The maximum Gasteiger partial charge on any atom is 0.247 e. The van der Waals surface area contributed by atoms with Crippen molar-refractivity contribution in [3.05, 3.63) is 36.2 Å². The molecular weight excluding hydrogens is 342 g/mol. The van der Waals surface area contributed by atoms with Crippen LogP contribution in [0, 0.1) is 11.8 Å². The molecule has 2 atom stereocenters. The Morgan fingerprint density at radius 3 is 2.67 bits per heavy atom. The number of rotatable bonds is 5. The van der Waals surface area contributed by atoms with Crippen LogP contribution in [-0.4, -0.2) is 47.8 Å². The van der Waals surface area contributed by atoms with Crippen LogP contribution in [0.5, 0.6) is 0 Å². The van der Waals surface area contributed by atoms with E-state index in [1.165, 1.54) is 19.3 Å². The second kappa shape index (κ2) is 8.21. The zero-order valence-electron chi connectivity index (χ0n) is 15.8. The lowest BCUT2D eigenvalue weighted by atomic mass is 9.88. The summed E-state index contributed by atoms with van der Waals surface area (Å²) in [6.45, 7) is 1.93. The van der Waals surface area contributed by atoms with Gasteiger partial charge in [0.1, 0.15) is 0 Å². The molecular formula is C21H27N3O3. The summed E-state index contributed by atoms with van der Waals surface area (Å²) < 4.78 is 11.4. The summed E-state index contributed by atoms with van der Waals surface area (Å²) in [6.07, 6.45) is 5.63. The Morgan fingerprint density at radius 1 is 1.15 bits per heavy atom. The van der Waals surface area contributed by atoms with Crippen molar-refractivity contribution >= 4 is 5.91 Å². The Bertz CT molecular complexity index is 755. The van der Waals surface area contributed by atoms with Crippen LogP contribution in [0.1, 0.15) is 43.9 Å². The van der Waals surface area contributed by atoms with E-state index in [4.69, 9.17) is 9.15 Å². The average Bonchev–Trinajstić information content (AvgIpc) is 3.36. The molecule has 1 aliphatic heterocycles. The second-order valence-corrected chi connectivity index (χ2v) is 7.71. The molecule has 4 rings (SSSR count). The zero-order valence-corrected chi connectivity index (χ0v) is 15.8. The fourth-order valence-corrected chi connectivity index (χ4v) is 4.40. The fourth-order valence-electron chi connectivity index (χ4n) is 4.40. The molecule has 1 saturated carbocycles. The highest BCUT2D eigenvalue weighted by Crippen LogP contribution is 2.35. The molecule has 1 saturated heterocycles. The molecule has 1 aromatic heterocycles. The van der Waals surface area contributed by atoms with Crippen LogP contribution in [0.3, 0.4) is 0 Å². The first-order valence-electron chi connectivity index (χ1n) is 9.93. The number of benzene rings is 1. The predicted octanol–water partition coefficient (Wildman–Crippen LogP) is 3.51. The van der Waals surface area contributed by atoms with Crippen LogP contribution in [0.2, 0.25) is 0 Å². The smallest absolute Gasteiger partial charge is 0.247 e. The minimum atomic E-state index is 0.0300. The molecule has 0 spiro atoms. The van der Waals surface area contributed by atoms with Crippen LogP contribution in [0.15, 0.2) is 34.7 Å². The van der Waals surface area contributed by atoms with Gasteiger partial charge in [0.2, 0.25) is 17.7 Å². The third kappa shape index (κ3) is 3.90. The largest absolute Gasteiger partial charge is 0.420 e. The minimum absolute atomic E-state index is 0.0300. The van der Waals surface area contributed by atoms with Gasteiger partial charge in [-0.2, -0.15) is 0 Å². The lowest BCUT2D eigenvalue weighted by molar-refractivity contribution is -0.135. The van der Waals surface area contributed by atoms with E-state index < -0.39 is 0 Å². The monoisotopic (exact) mass is 369 g/mol. The number of amides is 1. The van der Waals surface area contributed by atoms with E-state index in [-0.39, 0.29) is 17.8 Å². The first-order chi connectivity index (χ1) is 13.3. The van der Waals surface area contributed by atoms with Gasteiger partial charge in [0.15, 0.2) is 0 Å². The Balaban J connectivity index is 1.51. The van der Waals surface area contributed by atoms with Crippen molar-refractivity contribution in [1.29, 1.82) is 0 Å². The molecule has 2 fully saturated rings. The van der Waals surface area contributed by atoms with Crippen molar-refractivity contribution in [3.8, 4) is 11.5 Å². The standard InChI is InChI=1S/C21H27N3O3/c1-26-14-17-12-24(21(25)16-10-6-3-7-11-16)13-18(17)20-23-22-19(27-20)15-8-4-2-5-9-15/h2,4-5,8-9,16-18H,3,6-7,10-14H2,1H3/t17-,18+/m0/s1. The van der Waals surface area contributed by atoms with Gasteiger partial charge in [-0.05, 0) is 25.0 Å². The Labute approximate surface area is 159 Å². The lowest BCUT2D eigenvalue weighted by Gasteiger charge is -2.26. The molecule has 27 heavy (non-hydrogen) atoms. The maximum absolute atomic E-state index is 13.0. The van der Waals surface area contributed by atoms with E-state index in [1.54, 1.807) is 7.11 Å². The van der Waals surface area contributed by atoms with Crippen molar-refractivity contribution in [3.63, 3.8) is 0 Å². The number of carbonyl (C=O) groups is 1. The van der Waals surface area contributed by atoms with Crippen molar-refractivity contribution in [2.45, 2.75) is 38.0 Å². The molecule has 1 aliphatic carbocycles.